The van der Waals surface area contributed by atoms with Crippen LogP contribution in [0.1, 0.15) is 39.7 Å². The molecule has 9 heteroatoms. The van der Waals surface area contributed by atoms with Crippen molar-refractivity contribution in [3.05, 3.63) is 27.7 Å². The van der Waals surface area contributed by atoms with Gasteiger partial charge in [-0.1, -0.05) is 30.1 Å². The normalized spacial score (nSPS) is 17.0. The van der Waals surface area contributed by atoms with Gasteiger partial charge in [0.2, 0.25) is 0 Å². The summed E-state index contributed by atoms with van der Waals surface area (Å²) in [5.41, 5.74) is 0.467. The summed E-state index contributed by atoms with van der Waals surface area (Å²) in [6, 6.07) is 1.42. The number of hydrogen-bond donors (Lipinski definition) is 1. The zero-order valence-electron chi connectivity index (χ0n) is 16.5. The van der Waals surface area contributed by atoms with Gasteiger partial charge in [-0.2, -0.15) is 0 Å². The number of amides is 2. The fraction of sp³-hybridized carbons (Fsp3) is 0.526. The second kappa shape index (κ2) is 8.57. The Morgan fingerprint density at radius 1 is 1.25 bits per heavy atom. The molecular formula is C19H24Cl2N2O5. The highest BCUT2D eigenvalue weighted by Crippen LogP contribution is 2.39. The van der Waals surface area contributed by atoms with Crippen molar-refractivity contribution in [1.29, 1.82) is 0 Å². The standard InChI is InChI=1S/C19H24Cl2N2O5/c1-6-13(22-18(26)28-19(2,3)4)16(24)23-14-9-12(21)11(20)7-10(14)8-15(23)17(25)27-5/h7,9,13,15H,6,8H2,1-5H3,(H,22,26)/t13-,15-/m0/s1. The molecule has 0 aromatic heterocycles. The summed E-state index contributed by atoms with van der Waals surface area (Å²) < 4.78 is 10.1. The summed E-state index contributed by atoms with van der Waals surface area (Å²) in [6.07, 6.45) is -0.164. The van der Waals surface area contributed by atoms with Crippen LogP contribution >= 0.6 is 23.2 Å². The van der Waals surface area contributed by atoms with Crippen molar-refractivity contribution in [3.63, 3.8) is 0 Å². The van der Waals surface area contributed by atoms with Gasteiger partial charge in [0.25, 0.3) is 5.91 Å². The molecule has 0 aliphatic carbocycles. The molecule has 2 amide bonds. The minimum absolute atomic E-state index is 0.244. The molecule has 1 N–H and O–H groups in total. The van der Waals surface area contributed by atoms with Crippen molar-refractivity contribution in [1.82, 2.24) is 5.32 Å². The van der Waals surface area contributed by atoms with Gasteiger partial charge in [0, 0.05) is 12.1 Å². The van der Waals surface area contributed by atoms with Crippen molar-refractivity contribution in [2.75, 3.05) is 12.0 Å². The maximum absolute atomic E-state index is 13.2. The summed E-state index contributed by atoms with van der Waals surface area (Å²) in [5, 5.41) is 3.16. The van der Waals surface area contributed by atoms with E-state index in [0.29, 0.717) is 22.7 Å². The van der Waals surface area contributed by atoms with E-state index in [1.807, 2.05) is 0 Å². The number of carbonyl (C=O) groups excluding carboxylic acids is 3. The van der Waals surface area contributed by atoms with E-state index in [4.69, 9.17) is 32.7 Å². The maximum atomic E-state index is 13.2. The van der Waals surface area contributed by atoms with E-state index in [1.54, 1.807) is 39.8 Å². The SMILES string of the molecule is CC[C@H](NC(=O)OC(C)(C)C)C(=O)N1c2cc(Cl)c(Cl)cc2C[C@H]1C(=O)OC. The van der Waals surface area contributed by atoms with Crippen molar-refractivity contribution < 1.29 is 23.9 Å². The van der Waals surface area contributed by atoms with Gasteiger partial charge >= 0.3 is 12.1 Å². The lowest BCUT2D eigenvalue weighted by molar-refractivity contribution is -0.143. The van der Waals surface area contributed by atoms with Crippen LogP contribution in [0, 0.1) is 0 Å². The molecule has 1 heterocycles. The smallest absolute Gasteiger partial charge is 0.408 e. The van der Waals surface area contributed by atoms with Gasteiger partial charge in [-0.25, -0.2) is 9.59 Å². The molecule has 154 valence electrons. The second-order valence-electron chi connectivity index (χ2n) is 7.45. The Morgan fingerprint density at radius 3 is 2.39 bits per heavy atom. The van der Waals surface area contributed by atoms with Crippen LogP contribution in [-0.2, 0) is 25.5 Å². The third kappa shape index (κ3) is 4.89. The molecule has 7 nitrogen and oxygen atoms in total. The molecule has 0 unspecified atom stereocenters. The molecule has 0 saturated heterocycles. The Morgan fingerprint density at radius 2 is 1.86 bits per heavy atom. The Hall–Kier alpha value is -1.99. The van der Waals surface area contributed by atoms with Gasteiger partial charge in [-0.15, -0.1) is 0 Å². The molecule has 28 heavy (non-hydrogen) atoms. The Balaban J connectivity index is 2.35. The zero-order valence-corrected chi connectivity index (χ0v) is 18.0. The van der Waals surface area contributed by atoms with Gasteiger partial charge in [0.05, 0.1) is 17.2 Å². The molecule has 2 atom stereocenters. The number of hydrogen-bond acceptors (Lipinski definition) is 5. The molecule has 0 spiro atoms. The molecule has 2 rings (SSSR count). The summed E-state index contributed by atoms with van der Waals surface area (Å²) in [5.74, 6) is -1.02. The van der Waals surface area contributed by atoms with Gasteiger partial charge in [0.1, 0.15) is 17.7 Å². The first kappa shape index (κ1) is 22.3. The molecular weight excluding hydrogens is 407 g/mol. The van der Waals surface area contributed by atoms with E-state index < -0.39 is 35.7 Å². The fourth-order valence-corrected chi connectivity index (χ4v) is 3.33. The Kier molecular flexibility index (Phi) is 6.83. The van der Waals surface area contributed by atoms with Crippen LogP contribution < -0.4 is 10.2 Å². The lowest BCUT2D eigenvalue weighted by atomic mass is 10.1. The Bertz CT molecular complexity index is 791. The number of esters is 1. The van der Waals surface area contributed by atoms with Crippen LogP contribution in [0.3, 0.4) is 0 Å². The predicted molar refractivity (Wildman–Crippen MR) is 107 cm³/mol. The monoisotopic (exact) mass is 430 g/mol. The number of rotatable bonds is 4. The van der Waals surface area contributed by atoms with Crippen molar-refractivity contribution in [2.45, 2.75) is 58.2 Å². The minimum atomic E-state index is -0.887. The quantitative estimate of drug-likeness (QED) is 0.735. The highest BCUT2D eigenvalue weighted by molar-refractivity contribution is 6.42. The summed E-state index contributed by atoms with van der Waals surface area (Å²) >= 11 is 12.2. The highest BCUT2D eigenvalue weighted by Gasteiger charge is 2.42. The third-order valence-corrected chi connectivity index (χ3v) is 4.94. The van der Waals surface area contributed by atoms with Crippen molar-refractivity contribution in [3.8, 4) is 0 Å². The topological polar surface area (TPSA) is 84.9 Å². The van der Waals surface area contributed by atoms with Crippen LogP contribution in [0.25, 0.3) is 0 Å². The molecule has 1 aliphatic heterocycles. The Labute approximate surface area is 174 Å². The average molecular weight is 431 g/mol. The van der Waals surface area contributed by atoms with Crippen LogP contribution in [0.4, 0.5) is 10.5 Å². The van der Waals surface area contributed by atoms with Gasteiger partial charge < -0.3 is 14.8 Å². The number of alkyl carbamates (subject to hydrolysis) is 1. The number of fused-ring (bicyclic) bond motifs is 1. The lowest BCUT2D eigenvalue weighted by Gasteiger charge is -2.29. The summed E-state index contributed by atoms with van der Waals surface area (Å²) in [4.78, 5) is 39.0. The number of nitrogens with zero attached hydrogens (tertiary/aromatic N) is 1. The third-order valence-electron chi connectivity index (χ3n) is 4.21. The van der Waals surface area contributed by atoms with Gasteiger partial charge in [-0.05, 0) is 44.9 Å². The van der Waals surface area contributed by atoms with E-state index in [9.17, 15) is 14.4 Å². The van der Waals surface area contributed by atoms with E-state index in [0.717, 1.165) is 0 Å². The maximum Gasteiger partial charge on any atom is 0.408 e. The number of carbonyl (C=O) groups is 3. The molecule has 0 fully saturated rings. The van der Waals surface area contributed by atoms with Crippen molar-refractivity contribution in [2.24, 2.45) is 0 Å². The van der Waals surface area contributed by atoms with Crippen molar-refractivity contribution >= 4 is 46.9 Å². The first-order valence-corrected chi connectivity index (χ1v) is 9.62. The number of ether oxygens (including phenoxy) is 2. The largest absolute Gasteiger partial charge is 0.467 e. The number of benzene rings is 1. The van der Waals surface area contributed by atoms with E-state index in [1.165, 1.54) is 12.0 Å². The second-order valence-corrected chi connectivity index (χ2v) is 8.27. The lowest BCUT2D eigenvalue weighted by Crippen LogP contribution is -2.53. The highest BCUT2D eigenvalue weighted by atomic mass is 35.5. The predicted octanol–water partition coefficient (Wildman–Crippen LogP) is 3.73. The molecule has 0 bridgehead atoms. The van der Waals surface area contributed by atoms with E-state index in [2.05, 4.69) is 5.32 Å². The van der Waals surface area contributed by atoms with Crippen LogP contribution in [0.15, 0.2) is 12.1 Å². The number of methoxy groups -OCH3 is 1. The fourth-order valence-electron chi connectivity index (χ4n) is 2.99. The van der Waals surface area contributed by atoms with Gasteiger partial charge in [0.15, 0.2) is 0 Å². The average Bonchev–Trinajstić information content (AvgIpc) is 2.95. The summed E-state index contributed by atoms with van der Waals surface area (Å²) in [7, 11) is 1.25. The summed E-state index contributed by atoms with van der Waals surface area (Å²) in [6.45, 7) is 6.93. The van der Waals surface area contributed by atoms with E-state index in [-0.39, 0.29) is 11.4 Å². The number of nitrogens with one attached hydrogen (secondary N) is 1. The van der Waals surface area contributed by atoms with Crippen LogP contribution in [-0.4, -0.2) is 42.8 Å². The number of halogens is 2. The zero-order chi connectivity index (χ0) is 21.2. The van der Waals surface area contributed by atoms with E-state index >= 15 is 0 Å². The van der Waals surface area contributed by atoms with Crippen LogP contribution in [0.2, 0.25) is 10.0 Å². The van der Waals surface area contributed by atoms with Gasteiger partial charge in [-0.3, -0.25) is 9.69 Å². The first-order chi connectivity index (χ1) is 13.0. The van der Waals surface area contributed by atoms with Crippen LogP contribution in [0.5, 0.6) is 0 Å². The molecule has 0 radical (unpaired) electrons. The molecule has 0 saturated carbocycles. The molecule has 1 aromatic rings. The first-order valence-electron chi connectivity index (χ1n) is 8.86. The molecule has 1 aromatic carbocycles. The number of anilines is 1. The molecule has 1 aliphatic rings. The minimum Gasteiger partial charge on any atom is -0.467 e.